The first kappa shape index (κ1) is 8.53. The summed E-state index contributed by atoms with van der Waals surface area (Å²) in [6.07, 6.45) is 3.05. The normalized spacial score (nSPS) is 19.5. The summed E-state index contributed by atoms with van der Waals surface area (Å²) in [7, 11) is 0. The number of hydrogen-bond acceptors (Lipinski definition) is 2. The number of amides is 1. The van der Waals surface area contributed by atoms with Crippen LogP contribution in [0, 0.1) is 5.92 Å². The Bertz CT molecular complexity index is 143. The van der Waals surface area contributed by atoms with Gasteiger partial charge in [-0.15, -0.1) is 0 Å². The second-order valence-electron chi connectivity index (χ2n) is 3.19. The van der Waals surface area contributed by atoms with Crippen LogP contribution in [0.1, 0.15) is 26.2 Å². The summed E-state index contributed by atoms with van der Waals surface area (Å²) in [5.41, 5.74) is 5.63. The molecule has 0 bridgehead atoms. The minimum Gasteiger partial charge on any atom is -0.354 e. The van der Waals surface area contributed by atoms with Gasteiger partial charge in [0.25, 0.3) is 0 Å². The second kappa shape index (κ2) is 3.72. The monoisotopic (exact) mass is 156 g/mol. The highest BCUT2D eigenvalue weighted by molar-refractivity contribution is 5.80. The van der Waals surface area contributed by atoms with Gasteiger partial charge >= 0.3 is 0 Å². The van der Waals surface area contributed by atoms with Crippen molar-refractivity contribution in [1.82, 2.24) is 5.32 Å². The summed E-state index contributed by atoms with van der Waals surface area (Å²) < 4.78 is 0. The molecule has 0 spiro atoms. The molecule has 0 aromatic carbocycles. The number of nitrogens with two attached hydrogens (primary N) is 1. The van der Waals surface area contributed by atoms with Crippen molar-refractivity contribution in [1.29, 1.82) is 0 Å². The summed E-state index contributed by atoms with van der Waals surface area (Å²) in [5.74, 6) is 0.493. The van der Waals surface area contributed by atoms with Gasteiger partial charge in [0.2, 0.25) is 5.91 Å². The van der Waals surface area contributed by atoms with Crippen molar-refractivity contribution >= 4 is 5.91 Å². The fraction of sp³-hybridized carbons (Fsp3) is 0.875. The van der Waals surface area contributed by atoms with Gasteiger partial charge < -0.3 is 11.1 Å². The van der Waals surface area contributed by atoms with Crippen molar-refractivity contribution in [3.63, 3.8) is 0 Å². The number of carbonyl (C=O) groups excluding carboxylic acids is 1. The molecule has 1 atom stereocenters. The molecule has 11 heavy (non-hydrogen) atoms. The predicted molar refractivity (Wildman–Crippen MR) is 44.0 cm³/mol. The molecular weight excluding hydrogens is 140 g/mol. The molecule has 0 aromatic heterocycles. The van der Waals surface area contributed by atoms with Gasteiger partial charge in [-0.1, -0.05) is 6.92 Å². The van der Waals surface area contributed by atoms with Crippen LogP contribution in [0.25, 0.3) is 0 Å². The first-order valence-electron chi connectivity index (χ1n) is 4.27. The van der Waals surface area contributed by atoms with Crippen LogP contribution in [-0.4, -0.2) is 18.5 Å². The van der Waals surface area contributed by atoms with Crippen LogP contribution in [-0.2, 0) is 4.79 Å². The molecule has 1 rings (SSSR count). The van der Waals surface area contributed by atoms with Crippen LogP contribution >= 0.6 is 0 Å². The van der Waals surface area contributed by atoms with Crippen LogP contribution in [0.2, 0.25) is 0 Å². The molecule has 1 aliphatic rings. The summed E-state index contributed by atoms with van der Waals surface area (Å²) in [6, 6.07) is 0.123. The van der Waals surface area contributed by atoms with E-state index < -0.39 is 0 Å². The molecule has 0 heterocycles. The molecule has 0 aliphatic heterocycles. The lowest BCUT2D eigenvalue weighted by Gasteiger charge is -2.09. The smallest absolute Gasteiger partial charge is 0.223 e. The predicted octanol–water partition coefficient (Wildman–Crippen LogP) is 0.250. The summed E-state index contributed by atoms with van der Waals surface area (Å²) in [4.78, 5) is 11.1. The number of nitrogens with one attached hydrogen (secondary N) is 1. The quantitative estimate of drug-likeness (QED) is 0.613. The van der Waals surface area contributed by atoms with Crippen LogP contribution in [0.3, 0.4) is 0 Å². The lowest BCUT2D eigenvalue weighted by atomic mass is 10.2. The van der Waals surface area contributed by atoms with E-state index in [0.29, 0.717) is 12.5 Å². The zero-order valence-electron chi connectivity index (χ0n) is 6.97. The Hall–Kier alpha value is -0.570. The van der Waals surface area contributed by atoms with Crippen molar-refractivity contribution in [3.8, 4) is 0 Å². The van der Waals surface area contributed by atoms with Crippen molar-refractivity contribution in [2.75, 3.05) is 6.54 Å². The highest BCUT2D eigenvalue weighted by atomic mass is 16.2. The van der Waals surface area contributed by atoms with E-state index in [1.165, 1.54) is 0 Å². The Morgan fingerprint density at radius 3 is 2.82 bits per heavy atom. The number of rotatable bonds is 4. The van der Waals surface area contributed by atoms with Gasteiger partial charge in [-0.05, 0) is 19.3 Å². The number of carbonyl (C=O) groups is 1. The Morgan fingerprint density at radius 1 is 1.73 bits per heavy atom. The topological polar surface area (TPSA) is 55.1 Å². The Morgan fingerprint density at radius 2 is 2.36 bits per heavy atom. The van der Waals surface area contributed by atoms with Crippen LogP contribution < -0.4 is 11.1 Å². The Labute approximate surface area is 67.3 Å². The molecule has 1 fully saturated rings. The summed E-state index contributed by atoms with van der Waals surface area (Å²) >= 11 is 0. The number of hydrogen-bond donors (Lipinski definition) is 2. The van der Waals surface area contributed by atoms with Crippen molar-refractivity contribution in [2.24, 2.45) is 11.7 Å². The third kappa shape index (κ3) is 2.89. The lowest BCUT2D eigenvalue weighted by molar-refractivity contribution is -0.122. The largest absolute Gasteiger partial charge is 0.354 e. The minimum absolute atomic E-state index is 0.123. The van der Waals surface area contributed by atoms with Gasteiger partial charge in [0.1, 0.15) is 0 Å². The van der Waals surface area contributed by atoms with E-state index in [4.69, 9.17) is 5.73 Å². The molecular formula is C8H16N2O. The van der Waals surface area contributed by atoms with E-state index in [-0.39, 0.29) is 11.9 Å². The summed E-state index contributed by atoms with van der Waals surface area (Å²) in [6.45, 7) is 2.65. The molecule has 1 aliphatic carbocycles. The average Bonchev–Trinajstić information content (AvgIpc) is 2.81. The molecule has 64 valence electrons. The third-order valence-corrected chi connectivity index (χ3v) is 2.01. The first-order valence-corrected chi connectivity index (χ1v) is 4.27. The van der Waals surface area contributed by atoms with E-state index >= 15 is 0 Å². The van der Waals surface area contributed by atoms with Gasteiger partial charge in [-0.25, -0.2) is 0 Å². The van der Waals surface area contributed by atoms with Crippen molar-refractivity contribution in [3.05, 3.63) is 0 Å². The molecule has 1 amide bonds. The van der Waals surface area contributed by atoms with E-state index in [1.54, 1.807) is 0 Å². The van der Waals surface area contributed by atoms with Crippen molar-refractivity contribution < 1.29 is 4.79 Å². The van der Waals surface area contributed by atoms with E-state index in [0.717, 1.165) is 19.3 Å². The maximum absolute atomic E-state index is 11.1. The zero-order chi connectivity index (χ0) is 8.27. The molecule has 3 heteroatoms. The Balaban J connectivity index is 2.05. The average molecular weight is 156 g/mol. The molecule has 3 N–H and O–H groups in total. The maximum Gasteiger partial charge on any atom is 0.223 e. The van der Waals surface area contributed by atoms with Crippen LogP contribution in [0.5, 0.6) is 0 Å². The van der Waals surface area contributed by atoms with Gasteiger partial charge in [-0.2, -0.15) is 0 Å². The van der Waals surface area contributed by atoms with E-state index in [2.05, 4.69) is 5.32 Å². The SMILES string of the molecule is CCC(N)CNC(=O)C1CC1. The molecule has 1 saturated carbocycles. The molecule has 1 unspecified atom stereocenters. The van der Waals surface area contributed by atoms with E-state index in [1.807, 2.05) is 6.92 Å². The van der Waals surface area contributed by atoms with Crippen LogP contribution in [0.15, 0.2) is 0 Å². The lowest BCUT2D eigenvalue weighted by Crippen LogP contribution is -2.37. The molecule has 0 aromatic rings. The van der Waals surface area contributed by atoms with Crippen molar-refractivity contribution in [2.45, 2.75) is 32.2 Å². The van der Waals surface area contributed by atoms with Gasteiger partial charge in [0.05, 0.1) is 0 Å². The fourth-order valence-electron chi connectivity index (χ4n) is 0.866. The zero-order valence-corrected chi connectivity index (χ0v) is 6.97. The molecule has 0 saturated heterocycles. The molecule has 3 nitrogen and oxygen atoms in total. The maximum atomic E-state index is 11.1. The highest BCUT2D eigenvalue weighted by Crippen LogP contribution is 2.28. The van der Waals surface area contributed by atoms with E-state index in [9.17, 15) is 4.79 Å². The fourth-order valence-corrected chi connectivity index (χ4v) is 0.866. The third-order valence-electron chi connectivity index (χ3n) is 2.01. The minimum atomic E-state index is 0.123. The molecule has 0 radical (unpaired) electrons. The van der Waals surface area contributed by atoms with Gasteiger partial charge in [0, 0.05) is 18.5 Å². The standard InChI is InChI=1S/C8H16N2O/c1-2-7(9)5-10-8(11)6-3-4-6/h6-7H,2-5,9H2,1H3,(H,10,11). The van der Waals surface area contributed by atoms with Gasteiger partial charge in [-0.3, -0.25) is 4.79 Å². The van der Waals surface area contributed by atoms with Gasteiger partial charge in [0.15, 0.2) is 0 Å². The summed E-state index contributed by atoms with van der Waals surface area (Å²) in [5, 5.41) is 2.83. The second-order valence-corrected chi connectivity index (χ2v) is 3.19. The van der Waals surface area contributed by atoms with Crippen LogP contribution in [0.4, 0.5) is 0 Å². The highest BCUT2D eigenvalue weighted by Gasteiger charge is 2.29. The Kier molecular flexibility index (Phi) is 2.88. The first-order chi connectivity index (χ1) is 5.24.